The average Bonchev–Trinajstić information content (AvgIpc) is 3.50. The quantitative estimate of drug-likeness (QED) is 0.425. The lowest BCUT2D eigenvalue weighted by Crippen LogP contribution is -2.23. The molecule has 0 aliphatic heterocycles. The van der Waals surface area contributed by atoms with E-state index in [1.165, 1.54) is 0 Å². The topological polar surface area (TPSA) is 53.5 Å². The minimum Gasteiger partial charge on any atom is -0.377 e. The number of carbonyl (C=O) groups excluding carboxylic acids is 1. The summed E-state index contributed by atoms with van der Waals surface area (Å²) in [4.78, 5) is 16.5. The van der Waals surface area contributed by atoms with Crippen LogP contribution in [-0.2, 0) is 4.79 Å². The molecule has 0 aromatic heterocycles. The van der Waals surface area contributed by atoms with Gasteiger partial charge in [-0.15, -0.1) is 0 Å². The number of aryl methyl sites for hydroxylation is 1. The number of hydrogen-bond acceptors (Lipinski definition) is 2. The van der Waals surface area contributed by atoms with E-state index >= 15 is 0 Å². The van der Waals surface area contributed by atoms with Crippen LogP contribution in [0, 0.1) is 19.8 Å². The van der Waals surface area contributed by atoms with Crippen molar-refractivity contribution in [2.45, 2.75) is 33.6 Å². The largest absolute Gasteiger partial charge is 0.377 e. The molecule has 4 nitrogen and oxygen atoms in total. The lowest BCUT2D eigenvalue weighted by molar-refractivity contribution is -0.121. The van der Waals surface area contributed by atoms with Gasteiger partial charge in [0.15, 0.2) is 0 Å². The summed E-state index contributed by atoms with van der Waals surface area (Å²) in [6.07, 6.45) is 9.25. The van der Waals surface area contributed by atoms with E-state index in [1.807, 2.05) is 26.2 Å². The molecule has 1 amide bonds. The molecule has 0 spiro atoms. The third kappa shape index (κ3) is 5.30. The maximum atomic E-state index is 12.1. The zero-order valence-electron chi connectivity index (χ0n) is 16.7. The second-order valence-electron chi connectivity index (χ2n) is 6.79. The van der Waals surface area contributed by atoms with E-state index in [0.29, 0.717) is 0 Å². The van der Waals surface area contributed by atoms with Crippen LogP contribution in [0.25, 0.3) is 11.6 Å². The van der Waals surface area contributed by atoms with E-state index in [2.05, 4.69) is 54.8 Å². The van der Waals surface area contributed by atoms with Crippen LogP contribution in [0.2, 0.25) is 0 Å². The highest BCUT2D eigenvalue weighted by molar-refractivity contribution is 5.85. The minimum atomic E-state index is 0.0798. The predicted octanol–water partition coefficient (Wildman–Crippen LogP) is 4.52. The van der Waals surface area contributed by atoms with Crippen LogP contribution in [-0.4, -0.2) is 18.8 Å². The SMILES string of the molecule is C=C/C(=C\c1c(C)ccc(/C(C=C)=C/N=C(\C)NC)c1C)NC(=O)C1CC1. The molecule has 1 saturated carbocycles. The van der Waals surface area contributed by atoms with E-state index in [4.69, 9.17) is 0 Å². The monoisotopic (exact) mass is 363 g/mol. The van der Waals surface area contributed by atoms with Gasteiger partial charge in [-0.05, 0) is 73.6 Å². The number of nitrogens with zero attached hydrogens (tertiary/aromatic N) is 1. The molecule has 0 radical (unpaired) electrons. The van der Waals surface area contributed by atoms with E-state index in [0.717, 1.165) is 52.2 Å². The Morgan fingerprint density at radius 2 is 1.93 bits per heavy atom. The normalized spacial score (nSPS) is 15.3. The first-order chi connectivity index (χ1) is 12.9. The van der Waals surface area contributed by atoms with Crippen LogP contribution in [0.5, 0.6) is 0 Å². The molecule has 0 heterocycles. The van der Waals surface area contributed by atoms with Gasteiger partial charge < -0.3 is 10.6 Å². The van der Waals surface area contributed by atoms with Crippen molar-refractivity contribution < 1.29 is 4.79 Å². The van der Waals surface area contributed by atoms with Crippen LogP contribution < -0.4 is 10.6 Å². The third-order valence-corrected chi connectivity index (χ3v) is 4.76. The molecular formula is C23H29N3O. The zero-order chi connectivity index (χ0) is 20.0. The lowest BCUT2D eigenvalue weighted by Gasteiger charge is -2.14. The second-order valence-corrected chi connectivity index (χ2v) is 6.79. The van der Waals surface area contributed by atoms with Crippen molar-refractivity contribution in [3.8, 4) is 0 Å². The van der Waals surface area contributed by atoms with Gasteiger partial charge in [0.2, 0.25) is 5.91 Å². The second kappa shape index (κ2) is 9.17. The number of rotatable bonds is 7. The molecule has 27 heavy (non-hydrogen) atoms. The molecule has 1 fully saturated rings. The van der Waals surface area contributed by atoms with Gasteiger partial charge in [0, 0.05) is 24.9 Å². The Hall–Kier alpha value is -2.88. The van der Waals surface area contributed by atoms with Gasteiger partial charge in [-0.3, -0.25) is 4.79 Å². The summed E-state index contributed by atoms with van der Waals surface area (Å²) in [5.41, 5.74) is 6.04. The molecule has 2 N–H and O–H groups in total. The third-order valence-electron chi connectivity index (χ3n) is 4.76. The fourth-order valence-electron chi connectivity index (χ4n) is 2.75. The molecule has 142 valence electrons. The van der Waals surface area contributed by atoms with Crippen molar-refractivity contribution in [1.29, 1.82) is 0 Å². The first kappa shape index (κ1) is 20.4. The van der Waals surface area contributed by atoms with Crippen molar-refractivity contribution in [1.82, 2.24) is 10.6 Å². The highest BCUT2D eigenvalue weighted by Crippen LogP contribution is 2.30. The minimum absolute atomic E-state index is 0.0798. The van der Waals surface area contributed by atoms with Gasteiger partial charge in [-0.2, -0.15) is 0 Å². The Kier molecular flexibility index (Phi) is 6.94. The first-order valence-corrected chi connectivity index (χ1v) is 9.21. The number of aliphatic imine (C=N–C) groups is 1. The van der Waals surface area contributed by atoms with E-state index in [-0.39, 0.29) is 11.8 Å². The Labute approximate surface area is 162 Å². The molecular weight excluding hydrogens is 334 g/mol. The van der Waals surface area contributed by atoms with Gasteiger partial charge in [-0.25, -0.2) is 4.99 Å². The van der Waals surface area contributed by atoms with Crippen molar-refractivity contribution >= 4 is 23.4 Å². The van der Waals surface area contributed by atoms with Gasteiger partial charge in [-0.1, -0.05) is 31.4 Å². The van der Waals surface area contributed by atoms with Gasteiger partial charge in [0.1, 0.15) is 0 Å². The highest BCUT2D eigenvalue weighted by Gasteiger charge is 2.29. The van der Waals surface area contributed by atoms with Gasteiger partial charge in [0.05, 0.1) is 5.84 Å². The number of allylic oxidation sites excluding steroid dienone is 3. The fraction of sp³-hybridized carbons (Fsp3) is 0.304. The summed E-state index contributed by atoms with van der Waals surface area (Å²) in [6, 6.07) is 4.15. The molecule has 1 aromatic carbocycles. The standard InChI is InChI=1S/C23H29N3O/c1-7-18(14-25-17(5)24-6)21-12-9-15(3)22(16(21)4)13-20(8-2)26-23(27)19-10-11-19/h7-9,12-14,19H,1-2,10-11H2,3-6H3,(H,24,25)(H,26,27)/b18-14+,20-13+. The lowest BCUT2D eigenvalue weighted by atomic mass is 9.93. The first-order valence-electron chi connectivity index (χ1n) is 9.21. The molecule has 1 aliphatic carbocycles. The number of carbonyl (C=O) groups is 1. The Bertz CT molecular complexity index is 839. The molecule has 1 aliphatic rings. The Morgan fingerprint density at radius 1 is 1.22 bits per heavy atom. The number of nitrogens with one attached hydrogen (secondary N) is 2. The molecule has 0 saturated heterocycles. The molecule has 1 aromatic rings. The maximum Gasteiger partial charge on any atom is 0.227 e. The Balaban J connectivity index is 2.43. The van der Waals surface area contributed by atoms with Crippen LogP contribution in [0.1, 0.15) is 42.0 Å². The molecule has 0 atom stereocenters. The van der Waals surface area contributed by atoms with Crippen molar-refractivity contribution in [3.63, 3.8) is 0 Å². The summed E-state index contributed by atoms with van der Waals surface area (Å²) < 4.78 is 0. The van der Waals surface area contributed by atoms with Crippen LogP contribution >= 0.6 is 0 Å². The van der Waals surface area contributed by atoms with Crippen LogP contribution in [0.15, 0.2) is 54.3 Å². The predicted molar refractivity (Wildman–Crippen MR) is 115 cm³/mol. The summed E-state index contributed by atoms with van der Waals surface area (Å²) in [5, 5.41) is 5.99. The smallest absolute Gasteiger partial charge is 0.227 e. The number of amides is 1. The van der Waals surface area contributed by atoms with E-state index in [1.54, 1.807) is 12.2 Å². The van der Waals surface area contributed by atoms with Gasteiger partial charge in [0.25, 0.3) is 0 Å². The zero-order valence-corrected chi connectivity index (χ0v) is 16.7. The van der Waals surface area contributed by atoms with Crippen LogP contribution in [0.4, 0.5) is 0 Å². The summed E-state index contributed by atoms with van der Waals surface area (Å²) in [7, 11) is 1.84. The molecule has 0 bridgehead atoms. The number of amidine groups is 1. The molecule has 4 heteroatoms. The highest BCUT2D eigenvalue weighted by atomic mass is 16.2. The molecule has 2 rings (SSSR count). The fourth-order valence-corrected chi connectivity index (χ4v) is 2.75. The van der Waals surface area contributed by atoms with Crippen LogP contribution in [0.3, 0.4) is 0 Å². The number of benzene rings is 1. The maximum absolute atomic E-state index is 12.1. The molecule has 0 unspecified atom stereocenters. The summed E-state index contributed by atoms with van der Waals surface area (Å²) in [5.74, 6) is 1.07. The van der Waals surface area contributed by atoms with Crippen molar-refractivity contribution in [2.24, 2.45) is 10.9 Å². The van der Waals surface area contributed by atoms with Crippen molar-refractivity contribution in [2.75, 3.05) is 7.05 Å². The summed E-state index contributed by atoms with van der Waals surface area (Å²) in [6.45, 7) is 13.8. The Morgan fingerprint density at radius 3 is 2.48 bits per heavy atom. The average molecular weight is 364 g/mol. The van der Waals surface area contributed by atoms with Gasteiger partial charge >= 0.3 is 0 Å². The van der Waals surface area contributed by atoms with E-state index < -0.39 is 0 Å². The van der Waals surface area contributed by atoms with E-state index in [9.17, 15) is 4.79 Å². The van der Waals surface area contributed by atoms with Crippen molar-refractivity contribution in [3.05, 3.63) is 71.6 Å². The summed E-state index contributed by atoms with van der Waals surface area (Å²) >= 11 is 0. The number of hydrogen-bond donors (Lipinski definition) is 2.